The lowest BCUT2D eigenvalue weighted by Gasteiger charge is -2.38. The number of nitrogens with zero attached hydrogens (tertiary/aromatic N) is 4. The standard InChI is InChI=1S/C26H35ClN6O3/c1-16(2)31-22(35)14-28-20(13-18-4-6-19(27)7-5-18)26(36)33-10-8-32(9-11-33)25-23-17(3)12-21(34)24(23)29-15-30-25/h4-7,15-17,20-21,28,34H,8-14H2,1-3H3,(H,31,35)/t17-,20-,21-/m1/s1. The molecule has 1 saturated heterocycles. The number of carbonyl (C=O) groups is 2. The van der Waals surface area contributed by atoms with E-state index in [1.165, 1.54) is 6.33 Å². The number of fused-ring (bicyclic) bond motifs is 1. The van der Waals surface area contributed by atoms with Gasteiger partial charge in [0.25, 0.3) is 0 Å². The van der Waals surface area contributed by atoms with Crippen molar-refractivity contribution in [1.82, 2.24) is 25.5 Å². The molecular weight excluding hydrogens is 480 g/mol. The van der Waals surface area contributed by atoms with E-state index in [9.17, 15) is 14.7 Å². The van der Waals surface area contributed by atoms with E-state index >= 15 is 0 Å². The summed E-state index contributed by atoms with van der Waals surface area (Å²) in [6.07, 6.45) is 2.08. The van der Waals surface area contributed by atoms with Gasteiger partial charge < -0.3 is 20.2 Å². The second-order valence-electron chi connectivity index (χ2n) is 9.95. The fourth-order valence-electron chi connectivity index (χ4n) is 5.01. The van der Waals surface area contributed by atoms with E-state index in [1.807, 2.05) is 30.9 Å². The number of amides is 2. The number of benzene rings is 1. The van der Waals surface area contributed by atoms with Crippen LogP contribution in [-0.2, 0) is 16.0 Å². The van der Waals surface area contributed by atoms with Gasteiger partial charge in [0.15, 0.2) is 0 Å². The lowest BCUT2D eigenvalue weighted by Crippen LogP contribution is -2.56. The lowest BCUT2D eigenvalue weighted by molar-refractivity contribution is -0.134. The van der Waals surface area contributed by atoms with Crippen LogP contribution in [0.5, 0.6) is 0 Å². The van der Waals surface area contributed by atoms with Gasteiger partial charge in [-0.2, -0.15) is 0 Å². The second-order valence-corrected chi connectivity index (χ2v) is 10.4. The Morgan fingerprint density at radius 2 is 1.83 bits per heavy atom. The van der Waals surface area contributed by atoms with Gasteiger partial charge in [-0.05, 0) is 50.3 Å². The van der Waals surface area contributed by atoms with Crippen LogP contribution >= 0.6 is 11.6 Å². The molecule has 0 saturated carbocycles. The first-order chi connectivity index (χ1) is 17.2. The smallest absolute Gasteiger partial charge is 0.240 e. The fourth-order valence-corrected chi connectivity index (χ4v) is 5.13. The van der Waals surface area contributed by atoms with Crippen LogP contribution in [0.25, 0.3) is 0 Å². The summed E-state index contributed by atoms with van der Waals surface area (Å²) in [5.41, 5.74) is 2.71. The Morgan fingerprint density at radius 1 is 1.14 bits per heavy atom. The Bertz CT molecular complexity index is 1070. The van der Waals surface area contributed by atoms with Gasteiger partial charge in [-0.3, -0.25) is 14.9 Å². The van der Waals surface area contributed by atoms with E-state index in [0.29, 0.717) is 44.0 Å². The van der Waals surface area contributed by atoms with Crippen molar-refractivity contribution < 1.29 is 14.7 Å². The molecule has 2 heterocycles. The number of aromatic nitrogens is 2. The van der Waals surface area contributed by atoms with Crippen LogP contribution in [-0.4, -0.2) is 76.6 Å². The third-order valence-corrected chi connectivity index (χ3v) is 7.03. The topological polar surface area (TPSA) is 111 Å². The molecule has 1 aromatic heterocycles. The average Bonchev–Trinajstić information content (AvgIpc) is 3.15. The predicted molar refractivity (Wildman–Crippen MR) is 139 cm³/mol. The number of hydrogen-bond donors (Lipinski definition) is 3. The van der Waals surface area contributed by atoms with Crippen LogP contribution in [0.1, 0.15) is 56.0 Å². The van der Waals surface area contributed by atoms with Crippen LogP contribution in [0, 0.1) is 0 Å². The van der Waals surface area contributed by atoms with E-state index in [2.05, 4.69) is 32.4 Å². The van der Waals surface area contributed by atoms with Crippen LogP contribution in [0.15, 0.2) is 30.6 Å². The molecule has 2 aromatic rings. The number of carbonyl (C=O) groups excluding carboxylic acids is 2. The minimum atomic E-state index is -0.549. The highest BCUT2D eigenvalue weighted by Gasteiger charge is 2.34. The average molecular weight is 515 g/mol. The monoisotopic (exact) mass is 514 g/mol. The van der Waals surface area contributed by atoms with Crippen molar-refractivity contribution in [2.45, 2.75) is 57.7 Å². The molecule has 0 spiro atoms. The molecule has 0 radical (unpaired) electrons. The highest BCUT2D eigenvalue weighted by Crippen LogP contribution is 2.42. The largest absolute Gasteiger partial charge is 0.387 e. The molecule has 2 aliphatic rings. The highest BCUT2D eigenvalue weighted by molar-refractivity contribution is 6.30. The zero-order chi connectivity index (χ0) is 25.8. The normalized spacial score (nSPS) is 20.4. The number of rotatable bonds is 8. The van der Waals surface area contributed by atoms with Crippen LogP contribution in [0.2, 0.25) is 5.02 Å². The van der Waals surface area contributed by atoms with Gasteiger partial charge >= 0.3 is 0 Å². The van der Waals surface area contributed by atoms with Gasteiger partial charge in [0, 0.05) is 42.8 Å². The van der Waals surface area contributed by atoms with Gasteiger partial charge in [0.05, 0.1) is 24.4 Å². The van der Waals surface area contributed by atoms with Crippen molar-refractivity contribution in [3.8, 4) is 0 Å². The first-order valence-corrected chi connectivity index (χ1v) is 12.9. The molecular formula is C26H35ClN6O3. The van der Waals surface area contributed by atoms with Gasteiger partial charge in [-0.1, -0.05) is 30.7 Å². The number of halogens is 1. The third-order valence-electron chi connectivity index (χ3n) is 6.78. The number of nitrogens with one attached hydrogen (secondary N) is 2. The van der Waals surface area contributed by atoms with Crippen molar-refractivity contribution in [3.05, 3.63) is 52.4 Å². The number of anilines is 1. The molecule has 10 heteroatoms. The van der Waals surface area contributed by atoms with Crippen LogP contribution in [0.3, 0.4) is 0 Å². The van der Waals surface area contributed by atoms with Gasteiger partial charge in [-0.25, -0.2) is 9.97 Å². The molecule has 0 unspecified atom stereocenters. The SMILES string of the molecule is CC(C)NC(=O)CN[C@H](Cc1ccc(Cl)cc1)C(=O)N1CCN(c2ncnc3c2[C@H](C)C[C@H]3O)CC1. The molecule has 1 fully saturated rings. The number of aliphatic hydroxyl groups is 1. The van der Waals surface area contributed by atoms with E-state index in [0.717, 1.165) is 22.6 Å². The summed E-state index contributed by atoms with van der Waals surface area (Å²) in [5, 5.41) is 17.0. The van der Waals surface area contributed by atoms with Crippen molar-refractivity contribution in [1.29, 1.82) is 0 Å². The fraction of sp³-hybridized carbons (Fsp3) is 0.538. The highest BCUT2D eigenvalue weighted by atomic mass is 35.5. The number of piperazine rings is 1. The van der Waals surface area contributed by atoms with E-state index in [4.69, 9.17) is 11.6 Å². The van der Waals surface area contributed by atoms with Crippen molar-refractivity contribution >= 4 is 29.2 Å². The van der Waals surface area contributed by atoms with Gasteiger partial charge in [0.1, 0.15) is 12.1 Å². The molecule has 9 nitrogen and oxygen atoms in total. The maximum Gasteiger partial charge on any atom is 0.240 e. The van der Waals surface area contributed by atoms with Gasteiger partial charge in [-0.15, -0.1) is 0 Å². The van der Waals surface area contributed by atoms with E-state index < -0.39 is 12.1 Å². The quantitative estimate of drug-likeness (QED) is 0.494. The molecule has 3 N–H and O–H groups in total. The molecule has 3 atom stereocenters. The summed E-state index contributed by atoms with van der Waals surface area (Å²) in [4.78, 5) is 38.7. The maximum atomic E-state index is 13.6. The molecule has 1 aliphatic carbocycles. The second kappa shape index (κ2) is 11.5. The zero-order valence-electron chi connectivity index (χ0n) is 21.1. The summed E-state index contributed by atoms with van der Waals surface area (Å²) < 4.78 is 0. The molecule has 4 rings (SSSR count). The summed E-state index contributed by atoms with van der Waals surface area (Å²) >= 11 is 6.03. The Morgan fingerprint density at radius 3 is 2.50 bits per heavy atom. The summed E-state index contributed by atoms with van der Waals surface area (Å²) in [6.45, 7) is 8.33. The molecule has 1 aromatic carbocycles. The predicted octanol–water partition coefficient (Wildman–Crippen LogP) is 2.04. The molecule has 2 amide bonds. The number of hydrogen-bond acceptors (Lipinski definition) is 7. The van der Waals surface area contributed by atoms with Gasteiger partial charge in [0.2, 0.25) is 11.8 Å². The number of aliphatic hydroxyl groups excluding tert-OH is 1. The summed E-state index contributed by atoms with van der Waals surface area (Å²) in [5.74, 6) is 0.879. The summed E-state index contributed by atoms with van der Waals surface area (Å²) in [6, 6.07) is 6.92. The molecule has 0 bridgehead atoms. The maximum absolute atomic E-state index is 13.6. The Kier molecular flexibility index (Phi) is 8.43. The van der Waals surface area contributed by atoms with Crippen LogP contribution < -0.4 is 15.5 Å². The van der Waals surface area contributed by atoms with Crippen molar-refractivity contribution in [2.24, 2.45) is 0 Å². The molecule has 1 aliphatic heterocycles. The van der Waals surface area contributed by atoms with Crippen molar-refractivity contribution in [3.63, 3.8) is 0 Å². The zero-order valence-corrected chi connectivity index (χ0v) is 21.8. The molecule has 36 heavy (non-hydrogen) atoms. The van der Waals surface area contributed by atoms with Crippen LogP contribution in [0.4, 0.5) is 5.82 Å². The minimum Gasteiger partial charge on any atom is -0.387 e. The van der Waals surface area contributed by atoms with E-state index in [1.54, 1.807) is 12.1 Å². The Hall–Kier alpha value is -2.75. The summed E-state index contributed by atoms with van der Waals surface area (Å²) in [7, 11) is 0. The Balaban J connectivity index is 1.43. The minimum absolute atomic E-state index is 0.0290. The lowest BCUT2D eigenvalue weighted by atomic mass is 10.0. The Labute approximate surface area is 217 Å². The first-order valence-electron chi connectivity index (χ1n) is 12.6. The molecule has 194 valence electrons. The first kappa shape index (κ1) is 26.3. The van der Waals surface area contributed by atoms with E-state index in [-0.39, 0.29) is 30.3 Å². The van der Waals surface area contributed by atoms with Crippen molar-refractivity contribution in [2.75, 3.05) is 37.6 Å². The third kappa shape index (κ3) is 6.14.